The summed E-state index contributed by atoms with van der Waals surface area (Å²) in [6.07, 6.45) is 11.3. The molecule has 1 aliphatic carbocycles. The first kappa shape index (κ1) is 29.8. The van der Waals surface area contributed by atoms with Gasteiger partial charge in [0.2, 0.25) is 5.95 Å². The predicted octanol–water partition coefficient (Wildman–Crippen LogP) is 0.758. The van der Waals surface area contributed by atoms with E-state index in [4.69, 9.17) is 14.8 Å². The minimum atomic E-state index is -4.00. The average molecular weight is 591 g/mol. The van der Waals surface area contributed by atoms with Crippen LogP contribution in [0.5, 0.6) is 0 Å². The Bertz CT molecular complexity index is 1270. The zero-order valence-electron chi connectivity index (χ0n) is 23.6. The van der Waals surface area contributed by atoms with Gasteiger partial charge < -0.3 is 35.6 Å². The van der Waals surface area contributed by atoms with E-state index < -0.39 is 7.60 Å². The molecule has 41 heavy (non-hydrogen) atoms. The van der Waals surface area contributed by atoms with E-state index in [1.807, 2.05) is 10.9 Å². The van der Waals surface area contributed by atoms with Gasteiger partial charge in [0.1, 0.15) is 11.2 Å². The third-order valence-corrected chi connectivity index (χ3v) is 8.53. The number of nitrogens with zero attached hydrogens (tertiary/aromatic N) is 8. The molecular weight excluding hydrogens is 547 g/mol. The fourth-order valence-corrected chi connectivity index (χ4v) is 5.93. The lowest BCUT2D eigenvalue weighted by Crippen LogP contribution is -2.47. The fraction of sp³-hybridized carbons (Fsp3) is 0.720. The summed E-state index contributed by atoms with van der Waals surface area (Å²) in [6, 6.07) is 0.717. The maximum Gasteiger partial charge on any atom is 0.326 e. The fourth-order valence-electron chi connectivity index (χ4n) is 5.38. The molecule has 4 heterocycles. The molecule has 6 N–H and O–H groups in total. The summed E-state index contributed by atoms with van der Waals surface area (Å²) in [5.41, 5.74) is 2.11. The van der Waals surface area contributed by atoms with Crippen molar-refractivity contribution in [1.82, 2.24) is 50.5 Å². The van der Waals surface area contributed by atoms with Crippen LogP contribution < -0.4 is 20.9 Å². The largest absolute Gasteiger partial charge is 0.362 e. The number of hydrogen-bond acceptors (Lipinski definition) is 11. The maximum atomic E-state index is 11.2. The first-order valence-corrected chi connectivity index (χ1v) is 16.5. The molecule has 1 saturated heterocycles. The van der Waals surface area contributed by atoms with Crippen LogP contribution in [-0.2, 0) is 17.7 Å². The number of fused-ring (bicyclic) bond motifs is 1. The van der Waals surface area contributed by atoms with E-state index in [0.29, 0.717) is 56.7 Å². The Morgan fingerprint density at radius 2 is 1.85 bits per heavy atom. The summed E-state index contributed by atoms with van der Waals surface area (Å²) in [5, 5.41) is 19.1. The summed E-state index contributed by atoms with van der Waals surface area (Å²) < 4.78 is 13.1. The van der Waals surface area contributed by atoms with E-state index in [1.165, 1.54) is 32.1 Å². The highest BCUT2D eigenvalue weighted by molar-refractivity contribution is 7.51. The third kappa shape index (κ3) is 9.15. The standard InChI is InChI=1S/C25H43N12O3P/c38-41(39,40)16-15-35-11-13-36(14-12-35)25-31-23(22-24(32-25)30-19-29-22)28-17-21-18-37(34-33-21)10-9-26-7-4-8-27-20-5-2-1-3-6-20/h18-20,26-27H,1-17H2,(H2,38,39,40)(H2,28,29,30,31,32). The molecule has 0 aromatic carbocycles. The van der Waals surface area contributed by atoms with Crippen LogP contribution in [0.25, 0.3) is 11.2 Å². The molecule has 5 rings (SSSR count). The Balaban J connectivity index is 1.05. The second-order valence-corrected chi connectivity index (χ2v) is 12.7. The summed E-state index contributed by atoms with van der Waals surface area (Å²) in [6.45, 7) is 7.18. The van der Waals surface area contributed by atoms with Crippen molar-refractivity contribution in [3.63, 3.8) is 0 Å². The number of hydrogen-bond donors (Lipinski definition) is 6. The molecule has 2 aliphatic rings. The van der Waals surface area contributed by atoms with Gasteiger partial charge in [0.25, 0.3) is 0 Å². The smallest absolute Gasteiger partial charge is 0.326 e. The van der Waals surface area contributed by atoms with E-state index >= 15 is 0 Å². The number of imidazole rings is 1. The minimum absolute atomic E-state index is 0.129. The van der Waals surface area contributed by atoms with Crippen molar-refractivity contribution < 1.29 is 14.4 Å². The molecule has 3 aromatic rings. The Kier molecular flexibility index (Phi) is 10.5. The predicted molar refractivity (Wildman–Crippen MR) is 157 cm³/mol. The monoisotopic (exact) mass is 590 g/mol. The molecule has 0 amide bonds. The third-order valence-electron chi connectivity index (χ3n) is 7.75. The lowest BCUT2D eigenvalue weighted by Gasteiger charge is -2.34. The Hall–Kier alpha value is -2.68. The SMILES string of the molecule is O=P(O)(O)CCN1CCN(c2nc(NCc3cn(CCNCCCNC4CCCCC4)nn3)c3[nH]cnc3n2)CC1. The molecule has 0 unspecified atom stereocenters. The van der Waals surface area contributed by atoms with Crippen LogP contribution >= 0.6 is 7.60 Å². The van der Waals surface area contributed by atoms with Crippen LogP contribution in [0.3, 0.4) is 0 Å². The maximum absolute atomic E-state index is 11.2. The first-order chi connectivity index (χ1) is 19.9. The Labute approximate surface area is 240 Å². The molecule has 3 aromatic heterocycles. The topological polar surface area (TPSA) is 185 Å². The molecule has 2 fully saturated rings. The van der Waals surface area contributed by atoms with Crippen LogP contribution in [0.4, 0.5) is 11.8 Å². The van der Waals surface area contributed by atoms with Gasteiger partial charge in [0, 0.05) is 45.3 Å². The van der Waals surface area contributed by atoms with Crippen molar-refractivity contribution in [3.05, 3.63) is 18.2 Å². The highest BCUT2D eigenvalue weighted by Crippen LogP contribution is 2.33. The highest BCUT2D eigenvalue weighted by atomic mass is 31.2. The van der Waals surface area contributed by atoms with Crippen LogP contribution in [-0.4, -0.2) is 114 Å². The molecule has 0 atom stereocenters. The van der Waals surface area contributed by atoms with Crippen LogP contribution in [0.2, 0.25) is 0 Å². The van der Waals surface area contributed by atoms with Gasteiger partial charge in [0.05, 0.1) is 31.8 Å². The van der Waals surface area contributed by atoms with Crippen molar-refractivity contribution in [1.29, 1.82) is 0 Å². The molecule has 0 radical (unpaired) electrons. The number of H-pyrrole nitrogens is 1. The number of aromatic amines is 1. The summed E-state index contributed by atoms with van der Waals surface area (Å²) >= 11 is 0. The molecule has 1 aliphatic heterocycles. The normalized spacial score (nSPS) is 17.5. The lowest BCUT2D eigenvalue weighted by molar-refractivity contribution is 0.263. The highest BCUT2D eigenvalue weighted by Gasteiger charge is 2.23. The van der Waals surface area contributed by atoms with Gasteiger partial charge in [-0.15, -0.1) is 5.10 Å². The molecule has 0 spiro atoms. The molecule has 16 heteroatoms. The number of nitrogens with one attached hydrogen (secondary N) is 4. The number of piperazine rings is 1. The van der Waals surface area contributed by atoms with Gasteiger partial charge in [-0.1, -0.05) is 24.5 Å². The molecular formula is C25H43N12O3P. The summed E-state index contributed by atoms with van der Waals surface area (Å²) in [7, 11) is -4.00. The van der Waals surface area contributed by atoms with Crippen molar-refractivity contribution in [3.8, 4) is 0 Å². The zero-order valence-corrected chi connectivity index (χ0v) is 24.5. The number of rotatable bonds is 15. The second kappa shape index (κ2) is 14.5. The van der Waals surface area contributed by atoms with Crippen LogP contribution in [0.15, 0.2) is 12.5 Å². The first-order valence-electron chi connectivity index (χ1n) is 14.7. The van der Waals surface area contributed by atoms with Crippen LogP contribution in [0, 0.1) is 0 Å². The van der Waals surface area contributed by atoms with Gasteiger partial charge in [-0.2, -0.15) is 9.97 Å². The van der Waals surface area contributed by atoms with Gasteiger partial charge in [-0.05, 0) is 32.4 Å². The Morgan fingerprint density at radius 3 is 2.66 bits per heavy atom. The van der Waals surface area contributed by atoms with Gasteiger partial charge in [-0.3, -0.25) is 14.1 Å². The summed E-state index contributed by atoms with van der Waals surface area (Å²) in [5.74, 6) is 1.22. The average Bonchev–Trinajstić information content (AvgIpc) is 3.64. The van der Waals surface area contributed by atoms with Gasteiger partial charge in [0.15, 0.2) is 11.5 Å². The molecule has 1 saturated carbocycles. The molecule has 15 nitrogen and oxygen atoms in total. The minimum Gasteiger partial charge on any atom is -0.362 e. The second-order valence-electron chi connectivity index (χ2n) is 10.9. The molecule has 226 valence electrons. The number of anilines is 2. The van der Waals surface area contributed by atoms with E-state index in [1.54, 1.807) is 6.33 Å². The number of aromatic nitrogens is 7. The lowest BCUT2D eigenvalue weighted by atomic mass is 9.95. The van der Waals surface area contributed by atoms with Gasteiger partial charge in [-0.25, -0.2) is 4.98 Å². The van der Waals surface area contributed by atoms with Crippen LogP contribution in [0.1, 0.15) is 44.2 Å². The van der Waals surface area contributed by atoms with Gasteiger partial charge >= 0.3 is 7.60 Å². The van der Waals surface area contributed by atoms with E-state index in [-0.39, 0.29) is 6.16 Å². The van der Waals surface area contributed by atoms with Crippen molar-refractivity contribution in [2.24, 2.45) is 0 Å². The van der Waals surface area contributed by atoms with E-state index in [0.717, 1.165) is 49.9 Å². The molecule has 0 bridgehead atoms. The van der Waals surface area contributed by atoms with Crippen molar-refractivity contribution in [2.75, 3.05) is 68.7 Å². The quantitative estimate of drug-likeness (QED) is 0.108. The van der Waals surface area contributed by atoms with Crippen molar-refractivity contribution in [2.45, 2.75) is 57.7 Å². The van der Waals surface area contributed by atoms with E-state index in [9.17, 15) is 4.57 Å². The Morgan fingerprint density at radius 1 is 1.02 bits per heavy atom. The van der Waals surface area contributed by atoms with Crippen molar-refractivity contribution >= 4 is 30.5 Å². The van der Waals surface area contributed by atoms with E-state index in [2.05, 4.69) is 51.0 Å². The summed E-state index contributed by atoms with van der Waals surface area (Å²) in [4.78, 5) is 39.3. The zero-order chi connectivity index (χ0) is 28.5.